The maximum absolute atomic E-state index is 12.1. The summed E-state index contributed by atoms with van der Waals surface area (Å²) in [6, 6.07) is 5.14. The molecule has 0 fully saturated rings. The number of hydrogen-bond donors (Lipinski definition) is 2. The molecule has 0 aliphatic heterocycles. The largest absolute Gasteiger partial charge is 0.481 e. The van der Waals surface area contributed by atoms with Crippen molar-refractivity contribution in [2.24, 2.45) is 0 Å². The van der Waals surface area contributed by atoms with Gasteiger partial charge in [-0.15, -0.1) is 0 Å². The molecule has 0 aromatic carbocycles. The van der Waals surface area contributed by atoms with Crippen LogP contribution in [0.15, 0.2) is 24.4 Å². The van der Waals surface area contributed by atoms with Crippen LogP contribution in [0.5, 0.6) is 5.88 Å². The van der Waals surface area contributed by atoms with Crippen LogP contribution in [0.4, 0.5) is 11.8 Å². The Morgan fingerprint density at radius 2 is 2.04 bits per heavy atom. The van der Waals surface area contributed by atoms with Crippen molar-refractivity contribution in [1.82, 2.24) is 20.3 Å². The van der Waals surface area contributed by atoms with Crippen LogP contribution in [0.2, 0.25) is 0 Å². The lowest BCUT2D eigenvalue weighted by molar-refractivity contribution is 0.0954. The number of ether oxygens (including phenoxy) is 1. The van der Waals surface area contributed by atoms with Crippen LogP contribution in [0, 0.1) is 6.92 Å². The number of rotatable bonds is 7. The highest BCUT2D eigenvalue weighted by molar-refractivity contribution is 5.94. The van der Waals surface area contributed by atoms with E-state index in [2.05, 4.69) is 25.6 Å². The van der Waals surface area contributed by atoms with Crippen LogP contribution in [0.1, 0.15) is 16.1 Å². The predicted octanol–water partition coefficient (Wildman–Crippen LogP) is 1.10. The van der Waals surface area contributed by atoms with Crippen LogP contribution in [0.25, 0.3) is 0 Å². The second-order valence-corrected chi connectivity index (χ2v) is 5.36. The smallest absolute Gasteiger partial charge is 0.251 e. The molecule has 0 bridgehead atoms. The summed E-state index contributed by atoms with van der Waals surface area (Å²) < 4.78 is 5.01. The zero-order valence-electron chi connectivity index (χ0n) is 14.3. The molecule has 0 aliphatic rings. The number of carbonyl (C=O) groups excluding carboxylic acids is 1. The number of amides is 1. The molecule has 128 valence electrons. The maximum atomic E-state index is 12.1. The van der Waals surface area contributed by atoms with Gasteiger partial charge in [-0.3, -0.25) is 4.79 Å². The van der Waals surface area contributed by atoms with Gasteiger partial charge in [0.2, 0.25) is 11.8 Å². The summed E-state index contributed by atoms with van der Waals surface area (Å²) in [6.45, 7) is 2.88. The molecular weight excluding hydrogens is 308 g/mol. The first-order valence-electron chi connectivity index (χ1n) is 7.54. The quantitative estimate of drug-likeness (QED) is 0.734. The Labute approximate surface area is 141 Å². The molecule has 0 aliphatic carbocycles. The summed E-state index contributed by atoms with van der Waals surface area (Å²) in [7, 11) is 5.36. The zero-order chi connectivity index (χ0) is 17.5. The summed E-state index contributed by atoms with van der Waals surface area (Å²) in [5, 5.41) is 5.93. The van der Waals surface area contributed by atoms with E-state index in [4.69, 9.17) is 4.74 Å². The number of hydrogen-bond acceptors (Lipinski definition) is 7. The number of anilines is 2. The topological polar surface area (TPSA) is 92.3 Å². The molecule has 0 saturated heterocycles. The standard InChI is InChI=1S/C16H22N6O2/c1-11-9-13(22(2)3)21-16(20-11)19-8-7-18-15(23)12-5-6-17-14(10-12)24-4/h5-6,9-10H,7-8H2,1-4H3,(H,18,23)(H,19,20,21). The molecule has 8 heteroatoms. The third-order valence-corrected chi connectivity index (χ3v) is 3.20. The highest BCUT2D eigenvalue weighted by Crippen LogP contribution is 2.11. The Balaban J connectivity index is 1.85. The Morgan fingerprint density at radius 3 is 2.75 bits per heavy atom. The number of carbonyl (C=O) groups is 1. The molecule has 24 heavy (non-hydrogen) atoms. The van der Waals surface area contributed by atoms with E-state index in [0.29, 0.717) is 30.5 Å². The molecular formula is C16H22N6O2. The minimum Gasteiger partial charge on any atom is -0.481 e. The van der Waals surface area contributed by atoms with Crippen molar-refractivity contribution >= 4 is 17.7 Å². The molecule has 8 nitrogen and oxygen atoms in total. The first kappa shape index (κ1) is 17.5. The summed E-state index contributed by atoms with van der Waals surface area (Å²) in [5.74, 6) is 1.60. The lowest BCUT2D eigenvalue weighted by atomic mass is 10.2. The molecule has 2 aromatic rings. The minimum absolute atomic E-state index is 0.184. The van der Waals surface area contributed by atoms with E-state index in [0.717, 1.165) is 11.5 Å². The average Bonchev–Trinajstić information content (AvgIpc) is 2.58. The molecule has 0 saturated carbocycles. The van der Waals surface area contributed by atoms with Crippen LogP contribution in [-0.4, -0.2) is 55.2 Å². The third kappa shape index (κ3) is 4.80. The first-order valence-corrected chi connectivity index (χ1v) is 7.54. The van der Waals surface area contributed by atoms with Gasteiger partial charge in [0.05, 0.1) is 7.11 Å². The number of nitrogens with zero attached hydrogens (tertiary/aromatic N) is 4. The number of aryl methyl sites for hydroxylation is 1. The van der Waals surface area contributed by atoms with Crippen molar-refractivity contribution in [3.05, 3.63) is 35.7 Å². The summed E-state index contributed by atoms with van der Waals surface area (Å²) in [4.78, 5) is 26.7. The van der Waals surface area contributed by atoms with Gasteiger partial charge in [0.15, 0.2) is 0 Å². The maximum Gasteiger partial charge on any atom is 0.251 e. The molecule has 0 radical (unpaired) electrons. The fourth-order valence-corrected chi connectivity index (χ4v) is 1.97. The highest BCUT2D eigenvalue weighted by atomic mass is 16.5. The lowest BCUT2D eigenvalue weighted by Crippen LogP contribution is -2.29. The SMILES string of the molecule is COc1cc(C(=O)NCCNc2nc(C)cc(N(C)C)n2)ccn1. The van der Waals surface area contributed by atoms with Crippen molar-refractivity contribution in [3.63, 3.8) is 0 Å². The van der Waals surface area contributed by atoms with Crippen LogP contribution < -0.4 is 20.3 Å². The summed E-state index contributed by atoms with van der Waals surface area (Å²) in [6.07, 6.45) is 1.54. The Kier molecular flexibility index (Phi) is 5.89. The van der Waals surface area contributed by atoms with E-state index in [9.17, 15) is 4.79 Å². The molecule has 2 aromatic heterocycles. The Morgan fingerprint density at radius 1 is 1.25 bits per heavy atom. The Bertz CT molecular complexity index is 705. The number of nitrogens with one attached hydrogen (secondary N) is 2. The van der Waals surface area contributed by atoms with Crippen LogP contribution in [-0.2, 0) is 0 Å². The van der Waals surface area contributed by atoms with Gasteiger partial charge in [0, 0.05) is 56.8 Å². The third-order valence-electron chi connectivity index (χ3n) is 3.20. The second kappa shape index (κ2) is 8.09. The van der Waals surface area contributed by atoms with Gasteiger partial charge in [-0.1, -0.05) is 0 Å². The van der Waals surface area contributed by atoms with E-state index in [1.807, 2.05) is 32.0 Å². The minimum atomic E-state index is -0.184. The van der Waals surface area contributed by atoms with Gasteiger partial charge in [-0.25, -0.2) is 9.97 Å². The zero-order valence-corrected chi connectivity index (χ0v) is 14.3. The number of methoxy groups -OCH3 is 1. The van der Waals surface area contributed by atoms with Crippen molar-refractivity contribution in [1.29, 1.82) is 0 Å². The van der Waals surface area contributed by atoms with Crippen molar-refractivity contribution in [2.45, 2.75) is 6.92 Å². The molecule has 2 N–H and O–H groups in total. The summed E-state index contributed by atoms with van der Waals surface area (Å²) in [5.41, 5.74) is 1.38. The van der Waals surface area contributed by atoms with Gasteiger partial charge in [-0.05, 0) is 13.0 Å². The molecule has 0 spiro atoms. The van der Waals surface area contributed by atoms with E-state index in [1.54, 1.807) is 12.1 Å². The van der Waals surface area contributed by atoms with Crippen LogP contribution in [0.3, 0.4) is 0 Å². The van der Waals surface area contributed by atoms with Gasteiger partial charge < -0.3 is 20.3 Å². The second-order valence-electron chi connectivity index (χ2n) is 5.36. The molecule has 2 heterocycles. The fourth-order valence-electron chi connectivity index (χ4n) is 1.97. The van der Waals surface area contributed by atoms with Crippen molar-refractivity contribution in [2.75, 3.05) is 44.5 Å². The van der Waals surface area contributed by atoms with Crippen LogP contribution >= 0.6 is 0 Å². The Hall–Kier alpha value is -2.90. The van der Waals surface area contributed by atoms with Gasteiger partial charge in [0.1, 0.15) is 5.82 Å². The van der Waals surface area contributed by atoms with Crippen molar-refractivity contribution < 1.29 is 9.53 Å². The number of pyridine rings is 1. The average molecular weight is 330 g/mol. The predicted molar refractivity (Wildman–Crippen MR) is 92.7 cm³/mol. The summed E-state index contributed by atoms with van der Waals surface area (Å²) >= 11 is 0. The first-order chi connectivity index (χ1) is 11.5. The van der Waals surface area contributed by atoms with Gasteiger partial charge in [-0.2, -0.15) is 4.98 Å². The molecule has 1 amide bonds. The van der Waals surface area contributed by atoms with E-state index < -0.39 is 0 Å². The lowest BCUT2D eigenvalue weighted by Gasteiger charge is -2.14. The van der Waals surface area contributed by atoms with Crippen molar-refractivity contribution in [3.8, 4) is 5.88 Å². The van der Waals surface area contributed by atoms with E-state index in [1.165, 1.54) is 13.3 Å². The monoisotopic (exact) mass is 330 g/mol. The van der Waals surface area contributed by atoms with Gasteiger partial charge >= 0.3 is 0 Å². The van der Waals surface area contributed by atoms with E-state index >= 15 is 0 Å². The number of aromatic nitrogens is 3. The normalized spacial score (nSPS) is 10.2. The fraction of sp³-hybridized carbons (Fsp3) is 0.375. The molecule has 0 unspecified atom stereocenters. The van der Waals surface area contributed by atoms with Gasteiger partial charge in [0.25, 0.3) is 5.91 Å². The molecule has 2 rings (SSSR count). The van der Waals surface area contributed by atoms with E-state index in [-0.39, 0.29) is 5.91 Å². The molecule has 0 atom stereocenters. The highest BCUT2D eigenvalue weighted by Gasteiger charge is 2.07.